The Morgan fingerprint density at radius 2 is 1.78 bits per heavy atom. The molecule has 0 aromatic heterocycles. The van der Waals surface area contributed by atoms with E-state index in [1.54, 1.807) is 0 Å². The Morgan fingerprint density at radius 1 is 1.22 bits per heavy atom. The molecule has 1 heterocycles. The Kier molecular flexibility index (Phi) is 5.55. The van der Waals surface area contributed by atoms with Crippen molar-refractivity contribution < 1.29 is 14.3 Å². The van der Waals surface area contributed by atoms with Crippen molar-refractivity contribution in [2.24, 2.45) is 11.7 Å². The minimum atomic E-state index is -0.237. The molecule has 1 aliphatic heterocycles. The maximum Gasteiger partial charge on any atom is 0.319 e. The summed E-state index contributed by atoms with van der Waals surface area (Å²) >= 11 is 0. The van der Waals surface area contributed by atoms with Crippen LogP contribution in [0.4, 0.5) is 0 Å². The van der Waals surface area contributed by atoms with E-state index < -0.39 is 0 Å². The van der Waals surface area contributed by atoms with Crippen molar-refractivity contribution >= 4 is 11.9 Å². The quantitative estimate of drug-likeness (QED) is 0.673. The van der Waals surface area contributed by atoms with Crippen LogP contribution in [0, 0.1) is 5.92 Å². The molecule has 0 radical (unpaired) electrons. The SMILES string of the molecule is COC(=O)CN1CCN(C(=O)C(C)C(C)N)CC1. The van der Waals surface area contributed by atoms with E-state index in [0.29, 0.717) is 32.7 Å². The number of carbonyl (C=O) groups is 2. The number of piperazine rings is 1. The molecule has 1 saturated heterocycles. The van der Waals surface area contributed by atoms with E-state index >= 15 is 0 Å². The minimum absolute atomic E-state index is 0.0997. The number of nitrogens with two attached hydrogens (primary N) is 1. The van der Waals surface area contributed by atoms with Crippen LogP contribution in [0.5, 0.6) is 0 Å². The predicted octanol–water partition coefficient (Wildman–Crippen LogP) is -0.713. The Bertz CT molecular complexity index is 299. The first kappa shape index (κ1) is 14.9. The highest BCUT2D eigenvalue weighted by atomic mass is 16.5. The van der Waals surface area contributed by atoms with Crippen molar-refractivity contribution in [2.75, 3.05) is 39.8 Å². The number of amides is 1. The number of methoxy groups -OCH3 is 1. The van der Waals surface area contributed by atoms with Gasteiger partial charge < -0.3 is 15.4 Å². The summed E-state index contributed by atoms with van der Waals surface area (Å²) in [5.74, 6) is -0.293. The number of carbonyl (C=O) groups excluding carboxylic acids is 2. The molecule has 1 amide bonds. The summed E-state index contributed by atoms with van der Waals surface area (Å²) in [4.78, 5) is 27.0. The third-order valence-corrected chi connectivity index (χ3v) is 3.44. The van der Waals surface area contributed by atoms with Crippen molar-refractivity contribution in [1.29, 1.82) is 0 Å². The van der Waals surface area contributed by atoms with Crippen LogP contribution in [0.15, 0.2) is 0 Å². The topological polar surface area (TPSA) is 75.9 Å². The lowest BCUT2D eigenvalue weighted by atomic mass is 10.0. The van der Waals surface area contributed by atoms with Gasteiger partial charge in [0.1, 0.15) is 0 Å². The molecule has 0 saturated carbocycles. The van der Waals surface area contributed by atoms with Crippen LogP contribution in [0.2, 0.25) is 0 Å². The fourth-order valence-electron chi connectivity index (χ4n) is 1.89. The average molecular weight is 257 g/mol. The molecule has 2 unspecified atom stereocenters. The first-order chi connectivity index (χ1) is 8.45. The number of esters is 1. The summed E-state index contributed by atoms with van der Waals surface area (Å²) in [7, 11) is 1.38. The third-order valence-electron chi connectivity index (χ3n) is 3.44. The molecule has 2 atom stereocenters. The van der Waals surface area contributed by atoms with Gasteiger partial charge in [-0.2, -0.15) is 0 Å². The van der Waals surface area contributed by atoms with Crippen molar-refractivity contribution in [2.45, 2.75) is 19.9 Å². The molecule has 18 heavy (non-hydrogen) atoms. The van der Waals surface area contributed by atoms with Crippen molar-refractivity contribution in [1.82, 2.24) is 9.80 Å². The molecular weight excluding hydrogens is 234 g/mol. The normalized spacial score (nSPS) is 20.3. The molecule has 6 nitrogen and oxygen atoms in total. The van der Waals surface area contributed by atoms with E-state index in [2.05, 4.69) is 4.74 Å². The summed E-state index contributed by atoms with van der Waals surface area (Å²) < 4.78 is 4.62. The second-order valence-corrected chi connectivity index (χ2v) is 4.83. The van der Waals surface area contributed by atoms with Crippen molar-refractivity contribution in [3.63, 3.8) is 0 Å². The van der Waals surface area contributed by atoms with Gasteiger partial charge in [0.25, 0.3) is 0 Å². The lowest BCUT2D eigenvalue weighted by molar-refractivity contribution is -0.143. The molecule has 0 aromatic rings. The number of nitrogens with zero attached hydrogens (tertiary/aromatic N) is 2. The monoisotopic (exact) mass is 257 g/mol. The van der Waals surface area contributed by atoms with Gasteiger partial charge in [0.05, 0.1) is 19.6 Å². The summed E-state index contributed by atoms with van der Waals surface area (Å²) in [5, 5.41) is 0. The van der Waals surface area contributed by atoms with Crippen LogP contribution in [-0.2, 0) is 14.3 Å². The van der Waals surface area contributed by atoms with Gasteiger partial charge in [-0.3, -0.25) is 14.5 Å². The van der Waals surface area contributed by atoms with Gasteiger partial charge in [0, 0.05) is 32.2 Å². The number of rotatable bonds is 4. The predicted molar refractivity (Wildman–Crippen MR) is 67.8 cm³/mol. The van der Waals surface area contributed by atoms with Crippen LogP contribution in [-0.4, -0.2) is 67.6 Å². The maximum atomic E-state index is 12.1. The van der Waals surface area contributed by atoms with Gasteiger partial charge >= 0.3 is 5.97 Å². The summed E-state index contributed by atoms with van der Waals surface area (Å²) in [6, 6.07) is -0.134. The number of hydrogen-bond donors (Lipinski definition) is 1. The fourth-order valence-corrected chi connectivity index (χ4v) is 1.89. The molecule has 6 heteroatoms. The van der Waals surface area contributed by atoms with E-state index in [4.69, 9.17) is 5.73 Å². The molecule has 0 bridgehead atoms. The first-order valence-corrected chi connectivity index (χ1v) is 6.29. The van der Waals surface area contributed by atoms with Crippen LogP contribution in [0.25, 0.3) is 0 Å². The highest BCUT2D eigenvalue weighted by Gasteiger charge is 2.27. The van der Waals surface area contributed by atoms with Crippen LogP contribution < -0.4 is 5.73 Å². The zero-order valence-corrected chi connectivity index (χ0v) is 11.4. The first-order valence-electron chi connectivity index (χ1n) is 6.29. The highest BCUT2D eigenvalue weighted by Crippen LogP contribution is 2.09. The molecule has 104 valence electrons. The van der Waals surface area contributed by atoms with E-state index in [1.807, 2.05) is 23.6 Å². The Labute approximate surface area is 108 Å². The summed E-state index contributed by atoms with van der Waals surface area (Å²) in [6.07, 6.45) is 0. The lowest BCUT2D eigenvalue weighted by Gasteiger charge is -2.35. The molecule has 2 N–H and O–H groups in total. The zero-order chi connectivity index (χ0) is 13.7. The van der Waals surface area contributed by atoms with Gasteiger partial charge in [-0.25, -0.2) is 0 Å². The minimum Gasteiger partial charge on any atom is -0.468 e. The average Bonchev–Trinajstić information content (AvgIpc) is 2.37. The van der Waals surface area contributed by atoms with Crippen molar-refractivity contribution in [3.8, 4) is 0 Å². The Balaban J connectivity index is 2.39. The van der Waals surface area contributed by atoms with E-state index in [0.717, 1.165) is 0 Å². The van der Waals surface area contributed by atoms with Crippen LogP contribution in [0.1, 0.15) is 13.8 Å². The van der Waals surface area contributed by atoms with Gasteiger partial charge in [-0.15, -0.1) is 0 Å². The molecular formula is C12H23N3O3. The van der Waals surface area contributed by atoms with Gasteiger partial charge in [-0.1, -0.05) is 6.92 Å². The summed E-state index contributed by atoms with van der Waals surface area (Å²) in [5.41, 5.74) is 5.74. The van der Waals surface area contributed by atoms with Gasteiger partial charge in [0.15, 0.2) is 0 Å². The molecule has 0 aromatic carbocycles. The largest absolute Gasteiger partial charge is 0.468 e. The van der Waals surface area contributed by atoms with E-state index in [-0.39, 0.29) is 23.8 Å². The van der Waals surface area contributed by atoms with Crippen LogP contribution >= 0.6 is 0 Å². The molecule has 0 spiro atoms. The number of ether oxygens (including phenoxy) is 1. The van der Waals surface area contributed by atoms with E-state index in [9.17, 15) is 9.59 Å². The Hall–Kier alpha value is -1.14. The second-order valence-electron chi connectivity index (χ2n) is 4.83. The smallest absolute Gasteiger partial charge is 0.319 e. The zero-order valence-electron chi connectivity index (χ0n) is 11.4. The second kappa shape index (κ2) is 6.70. The molecule has 1 aliphatic rings. The fraction of sp³-hybridized carbons (Fsp3) is 0.833. The highest BCUT2D eigenvalue weighted by molar-refractivity contribution is 5.79. The van der Waals surface area contributed by atoms with Gasteiger partial charge in [0.2, 0.25) is 5.91 Å². The lowest BCUT2D eigenvalue weighted by Crippen LogP contribution is -2.52. The van der Waals surface area contributed by atoms with Gasteiger partial charge in [-0.05, 0) is 6.92 Å². The van der Waals surface area contributed by atoms with E-state index in [1.165, 1.54) is 7.11 Å². The number of hydrogen-bond acceptors (Lipinski definition) is 5. The van der Waals surface area contributed by atoms with Crippen molar-refractivity contribution in [3.05, 3.63) is 0 Å². The standard InChI is InChI=1S/C12H23N3O3/c1-9(10(2)13)12(17)15-6-4-14(5-7-15)8-11(16)18-3/h9-10H,4-8,13H2,1-3H3. The molecule has 0 aliphatic carbocycles. The molecule has 1 fully saturated rings. The summed E-state index contributed by atoms with van der Waals surface area (Å²) in [6.45, 7) is 6.68. The third kappa shape index (κ3) is 3.96. The maximum absolute atomic E-state index is 12.1. The van der Waals surface area contributed by atoms with Crippen LogP contribution in [0.3, 0.4) is 0 Å². The molecule has 1 rings (SSSR count). The Morgan fingerprint density at radius 3 is 2.22 bits per heavy atom.